The summed E-state index contributed by atoms with van der Waals surface area (Å²) in [6, 6.07) is 28.5. The molecule has 5 aromatic rings. The Kier molecular flexibility index (Phi) is 4.47. The molecule has 0 spiro atoms. The third-order valence-corrected chi connectivity index (χ3v) is 4.78. The van der Waals surface area contributed by atoms with Gasteiger partial charge in [-0.3, -0.25) is 4.68 Å². The first-order valence-corrected chi connectivity index (χ1v) is 9.50. The maximum atomic E-state index is 4.84. The van der Waals surface area contributed by atoms with Gasteiger partial charge in [-0.15, -0.1) is 0 Å². The third kappa shape index (κ3) is 3.58. The topological polar surface area (TPSA) is 48.0 Å². The Morgan fingerprint density at radius 1 is 0.828 bits per heavy atom. The second-order valence-electron chi connectivity index (χ2n) is 6.80. The van der Waals surface area contributed by atoms with E-state index >= 15 is 0 Å². The zero-order valence-electron chi connectivity index (χ0n) is 15.8. The maximum Gasteiger partial charge on any atom is 0.118 e. The van der Waals surface area contributed by atoms with Crippen molar-refractivity contribution in [3.05, 3.63) is 109 Å². The van der Waals surface area contributed by atoms with Crippen LogP contribution in [0.4, 0.5) is 0 Å². The predicted octanol–water partition coefficient (Wildman–Crippen LogP) is 4.83. The molecule has 0 radical (unpaired) electrons. The van der Waals surface area contributed by atoms with Crippen molar-refractivity contribution in [1.29, 1.82) is 0 Å². The molecule has 0 bridgehead atoms. The van der Waals surface area contributed by atoms with Crippen LogP contribution in [-0.2, 0) is 6.54 Å². The van der Waals surface area contributed by atoms with E-state index in [9.17, 15) is 0 Å². The molecule has 0 aliphatic carbocycles. The van der Waals surface area contributed by atoms with Gasteiger partial charge in [0.25, 0.3) is 0 Å². The summed E-state index contributed by atoms with van der Waals surface area (Å²) in [4.78, 5) is 4.40. The van der Waals surface area contributed by atoms with Crippen molar-refractivity contribution >= 4 is 17.2 Å². The summed E-state index contributed by atoms with van der Waals surface area (Å²) in [6.07, 6.45) is 5.63. The second kappa shape index (κ2) is 7.56. The lowest BCUT2D eigenvalue weighted by Crippen LogP contribution is -1.99. The highest BCUT2D eigenvalue weighted by Crippen LogP contribution is 2.21. The fourth-order valence-corrected chi connectivity index (χ4v) is 3.37. The van der Waals surface area contributed by atoms with Gasteiger partial charge in [0.1, 0.15) is 12.0 Å². The van der Waals surface area contributed by atoms with E-state index in [4.69, 9.17) is 5.10 Å². The Labute approximate surface area is 168 Å². The summed E-state index contributed by atoms with van der Waals surface area (Å²) in [5, 5.41) is 9.49. The van der Waals surface area contributed by atoms with Gasteiger partial charge in [0.15, 0.2) is 0 Å². The zero-order valence-corrected chi connectivity index (χ0v) is 15.8. The third-order valence-electron chi connectivity index (χ3n) is 4.78. The number of para-hydroxylation sites is 2. The van der Waals surface area contributed by atoms with Crippen LogP contribution in [0.2, 0.25) is 0 Å². The minimum absolute atomic E-state index is 0.711. The molecule has 3 aromatic carbocycles. The van der Waals surface area contributed by atoms with Crippen LogP contribution in [0.3, 0.4) is 0 Å². The van der Waals surface area contributed by atoms with Gasteiger partial charge in [-0.05, 0) is 17.7 Å². The predicted molar refractivity (Wildman–Crippen MR) is 116 cm³/mol. The van der Waals surface area contributed by atoms with Crippen molar-refractivity contribution in [3.63, 3.8) is 0 Å². The molecule has 0 atom stereocenters. The fourth-order valence-electron chi connectivity index (χ4n) is 3.37. The minimum atomic E-state index is 0.711. The average molecular weight is 377 g/mol. The largest absolute Gasteiger partial charge is 0.267 e. The molecule has 5 nitrogen and oxygen atoms in total. The summed E-state index contributed by atoms with van der Waals surface area (Å²) >= 11 is 0. The van der Waals surface area contributed by atoms with Crippen LogP contribution in [0.5, 0.6) is 0 Å². The first-order valence-electron chi connectivity index (χ1n) is 9.50. The molecule has 0 aliphatic heterocycles. The van der Waals surface area contributed by atoms with Gasteiger partial charge in [-0.1, -0.05) is 72.8 Å². The van der Waals surface area contributed by atoms with Crippen LogP contribution in [0, 0.1) is 0 Å². The summed E-state index contributed by atoms with van der Waals surface area (Å²) in [7, 11) is 0. The van der Waals surface area contributed by atoms with E-state index in [1.807, 2.05) is 77.8 Å². The molecule has 2 aromatic heterocycles. The number of fused-ring (bicyclic) bond motifs is 1. The SMILES string of the molecule is C(=N/n1cnc2ccccc21)/c1cn(Cc2ccccc2)nc1-c1ccccc1. The molecule has 0 amide bonds. The molecule has 0 unspecified atom stereocenters. The average Bonchev–Trinajstić information content (AvgIpc) is 3.37. The zero-order chi connectivity index (χ0) is 19.5. The molecular formula is C24H19N5. The van der Waals surface area contributed by atoms with E-state index in [1.54, 1.807) is 11.0 Å². The van der Waals surface area contributed by atoms with Gasteiger partial charge in [0.05, 0.1) is 23.8 Å². The van der Waals surface area contributed by atoms with Crippen molar-refractivity contribution in [2.45, 2.75) is 6.54 Å². The van der Waals surface area contributed by atoms with E-state index in [2.05, 4.69) is 34.4 Å². The van der Waals surface area contributed by atoms with Gasteiger partial charge in [-0.25, -0.2) is 9.66 Å². The molecule has 0 saturated heterocycles. The Bertz CT molecular complexity index is 1270. The summed E-state index contributed by atoms with van der Waals surface area (Å²) in [5.41, 5.74) is 6.05. The van der Waals surface area contributed by atoms with Crippen LogP contribution >= 0.6 is 0 Å². The smallest absolute Gasteiger partial charge is 0.118 e. The number of benzene rings is 3. The number of nitrogens with zero attached hydrogens (tertiary/aromatic N) is 5. The molecule has 29 heavy (non-hydrogen) atoms. The summed E-state index contributed by atoms with van der Waals surface area (Å²) < 4.78 is 3.75. The molecule has 0 saturated carbocycles. The summed E-state index contributed by atoms with van der Waals surface area (Å²) in [5.74, 6) is 0. The maximum absolute atomic E-state index is 4.84. The molecule has 5 rings (SSSR count). The molecule has 2 heterocycles. The lowest BCUT2D eigenvalue weighted by molar-refractivity contribution is 0.689. The molecule has 140 valence electrons. The lowest BCUT2D eigenvalue weighted by Gasteiger charge is -2.01. The van der Waals surface area contributed by atoms with Crippen molar-refractivity contribution in [1.82, 2.24) is 19.4 Å². The quantitative estimate of drug-likeness (QED) is 0.412. The van der Waals surface area contributed by atoms with Gasteiger partial charge >= 0.3 is 0 Å². The lowest BCUT2D eigenvalue weighted by atomic mass is 10.1. The Morgan fingerprint density at radius 3 is 2.38 bits per heavy atom. The van der Waals surface area contributed by atoms with E-state index in [0.717, 1.165) is 27.9 Å². The minimum Gasteiger partial charge on any atom is -0.267 e. The molecule has 0 N–H and O–H groups in total. The van der Waals surface area contributed by atoms with Crippen molar-refractivity contribution < 1.29 is 0 Å². The number of imidazole rings is 1. The standard InChI is InChI=1S/C24H19N5/c1-3-9-19(10-4-1)16-28-17-21(24(27-28)20-11-5-2-6-12-20)15-26-29-18-25-22-13-7-8-14-23(22)29/h1-15,17-18H,16H2/b26-15-. The Balaban J connectivity index is 1.53. The van der Waals surface area contributed by atoms with Crippen LogP contribution in [0.25, 0.3) is 22.3 Å². The number of rotatable bonds is 5. The van der Waals surface area contributed by atoms with Crippen molar-refractivity contribution in [3.8, 4) is 11.3 Å². The van der Waals surface area contributed by atoms with E-state index in [1.165, 1.54) is 5.56 Å². The Morgan fingerprint density at radius 2 is 1.55 bits per heavy atom. The van der Waals surface area contributed by atoms with Crippen molar-refractivity contribution in [2.24, 2.45) is 5.10 Å². The number of hydrogen-bond donors (Lipinski definition) is 0. The first-order chi connectivity index (χ1) is 14.4. The molecule has 0 aliphatic rings. The van der Waals surface area contributed by atoms with Crippen LogP contribution in [0.1, 0.15) is 11.1 Å². The summed E-state index contributed by atoms with van der Waals surface area (Å²) in [6.45, 7) is 0.711. The molecule has 0 fully saturated rings. The van der Waals surface area contributed by atoms with Crippen LogP contribution in [0.15, 0.2) is 103 Å². The number of hydrogen-bond acceptors (Lipinski definition) is 3. The van der Waals surface area contributed by atoms with E-state index in [0.29, 0.717) is 6.54 Å². The van der Waals surface area contributed by atoms with E-state index < -0.39 is 0 Å². The van der Waals surface area contributed by atoms with Crippen LogP contribution < -0.4 is 0 Å². The highest BCUT2D eigenvalue weighted by atomic mass is 15.4. The van der Waals surface area contributed by atoms with Gasteiger partial charge < -0.3 is 0 Å². The second-order valence-corrected chi connectivity index (χ2v) is 6.80. The molecule has 5 heteroatoms. The molecular weight excluding hydrogens is 358 g/mol. The van der Waals surface area contributed by atoms with Gasteiger partial charge in [0.2, 0.25) is 0 Å². The van der Waals surface area contributed by atoms with Crippen LogP contribution in [-0.4, -0.2) is 25.7 Å². The normalized spacial score (nSPS) is 11.4. The highest BCUT2D eigenvalue weighted by Gasteiger charge is 2.10. The monoisotopic (exact) mass is 377 g/mol. The van der Waals surface area contributed by atoms with Crippen molar-refractivity contribution in [2.75, 3.05) is 0 Å². The fraction of sp³-hybridized carbons (Fsp3) is 0.0417. The first kappa shape index (κ1) is 17.1. The Hall–Kier alpha value is -3.99. The van der Waals surface area contributed by atoms with E-state index in [-0.39, 0.29) is 0 Å². The van der Waals surface area contributed by atoms with Gasteiger partial charge in [-0.2, -0.15) is 10.2 Å². The number of aromatic nitrogens is 4. The van der Waals surface area contributed by atoms with Gasteiger partial charge in [0, 0.05) is 17.3 Å². The highest BCUT2D eigenvalue weighted by molar-refractivity contribution is 5.89.